The minimum atomic E-state index is -0.832. The summed E-state index contributed by atoms with van der Waals surface area (Å²) in [7, 11) is 3.25. The summed E-state index contributed by atoms with van der Waals surface area (Å²) in [6, 6.07) is 13.5. The molecule has 3 aromatic rings. The summed E-state index contributed by atoms with van der Waals surface area (Å²) >= 11 is 0. The molecule has 0 unspecified atom stereocenters. The Bertz CT molecular complexity index is 1060. The minimum Gasteiger partial charge on any atom is -0.496 e. The average molecular weight is 392 g/mol. The van der Waals surface area contributed by atoms with Crippen LogP contribution in [0.3, 0.4) is 0 Å². The van der Waals surface area contributed by atoms with E-state index >= 15 is 0 Å². The lowest BCUT2D eigenvalue weighted by molar-refractivity contribution is -0.136. The van der Waals surface area contributed by atoms with E-state index in [-0.39, 0.29) is 18.2 Å². The lowest BCUT2D eigenvalue weighted by Crippen LogP contribution is -2.35. The van der Waals surface area contributed by atoms with E-state index in [9.17, 15) is 14.4 Å². The van der Waals surface area contributed by atoms with Crippen molar-refractivity contribution >= 4 is 23.3 Å². The Morgan fingerprint density at radius 2 is 1.86 bits per heavy atom. The molecule has 8 heteroatoms. The summed E-state index contributed by atoms with van der Waals surface area (Å²) in [5.74, 6) is -1.01. The molecule has 0 aliphatic rings. The van der Waals surface area contributed by atoms with Gasteiger partial charge in [0.2, 0.25) is 5.78 Å². The molecule has 0 aliphatic heterocycles. The second kappa shape index (κ2) is 8.83. The molecule has 2 N–H and O–H groups in total. The summed E-state index contributed by atoms with van der Waals surface area (Å²) in [4.78, 5) is 40.9. The van der Waals surface area contributed by atoms with Gasteiger partial charge in [-0.1, -0.05) is 30.3 Å². The van der Waals surface area contributed by atoms with Gasteiger partial charge in [-0.25, -0.2) is 4.98 Å². The number of ketones is 1. The van der Waals surface area contributed by atoms with Crippen LogP contribution in [0.25, 0.3) is 0 Å². The number of ether oxygens (including phenoxy) is 1. The summed E-state index contributed by atoms with van der Waals surface area (Å²) in [5, 5.41) is 5.05. The predicted octanol–water partition coefficient (Wildman–Crippen LogP) is 1.91. The van der Waals surface area contributed by atoms with Crippen LogP contribution in [0.4, 0.5) is 5.69 Å². The molecule has 0 saturated carbocycles. The molecule has 2 aromatic carbocycles. The van der Waals surface area contributed by atoms with Gasteiger partial charge in [-0.05, 0) is 18.2 Å². The molecular weight excluding hydrogens is 372 g/mol. The van der Waals surface area contributed by atoms with Crippen LogP contribution >= 0.6 is 0 Å². The van der Waals surface area contributed by atoms with Crippen molar-refractivity contribution in [3.8, 4) is 5.75 Å². The average Bonchev–Trinajstić information content (AvgIpc) is 3.17. The number of carbonyl (C=O) groups excluding carboxylic acids is 3. The molecule has 0 radical (unpaired) electrons. The van der Waals surface area contributed by atoms with Crippen LogP contribution in [0.2, 0.25) is 0 Å². The van der Waals surface area contributed by atoms with Crippen LogP contribution in [0.15, 0.2) is 60.9 Å². The fourth-order valence-electron chi connectivity index (χ4n) is 2.74. The number of methoxy groups -OCH3 is 1. The molecule has 29 heavy (non-hydrogen) atoms. The molecule has 0 spiro atoms. The number of nitrogens with one attached hydrogen (secondary N) is 2. The first-order valence-electron chi connectivity index (χ1n) is 8.82. The molecule has 0 fully saturated rings. The SMILES string of the molecule is COc1ccccc1CNC(=O)C(=O)Nc1cccc(C(=O)c2nccn2C)c1. The number of imidazole rings is 1. The van der Waals surface area contributed by atoms with Gasteiger partial charge in [-0.3, -0.25) is 14.4 Å². The molecule has 0 aliphatic carbocycles. The maximum absolute atomic E-state index is 12.5. The van der Waals surface area contributed by atoms with Crippen LogP contribution in [-0.4, -0.2) is 34.3 Å². The first-order valence-corrected chi connectivity index (χ1v) is 8.82. The summed E-state index contributed by atoms with van der Waals surface area (Å²) < 4.78 is 6.83. The molecule has 1 heterocycles. The van der Waals surface area contributed by atoms with Crippen molar-refractivity contribution in [1.29, 1.82) is 0 Å². The molecule has 0 saturated heterocycles. The smallest absolute Gasteiger partial charge is 0.313 e. The van der Waals surface area contributed by atoms with Gasteiger partial charge in [-0.15, -0.1) is 0 Å². The largest absolute Gasteiger partial charge is 0.496 e. The normalized spacial score (nSPS) is 10.3. The topological polar surface area (TPSA) is 102 Å². The molecule has 2 amide bonds. The maximum Gasteiger partial charge on any atom is 0.313 e. The van der Waals surface area contributed by atoms with Crippen molar-refractivity contribution in [2.75, 3.05) is 12.4 Å². The Labute approximate surface area is 167 Å². The zero-order valence-electron chi connectivity index (χ0n) is 16.0. The van der Waals surface area contributed by atoms with Gasteiger partial charge in [0.1, 0.15) is 5.75 Å². The van der Waals surface area contributed by atoms with Crippen LogP contribution in [0.5, 0.6) is 5.75 Å². The molecule has 8 nitrogen and oxygen atoms in total. The number of anilines is 1. The van der Waals surface area contributed by atoms with Gasteiger partial charge >= 0.3 is 11.8 Å². The Morgan fingerprint density at radius 3 is 2.59 bits per heavy atom. The summed E-state index contributed by atoms with van der Waals surface area (Å²) in [5.41, 5.74) is 1.44. The van der Waals surface area contributed by atoms with Gasteiger partial charge in [0.25, 0.3) is 0 Å². The molecule has 0 atom stereocenters. The first kappa shape index (κ1) is 19.8. The number of aryl methyl sites for hydroxylation is 1. The van der Waals surface area contributed by atoms with E-state index in [4.69, 9.17) is 4.74 Å². The number of aromatic nitrogens is 2. The highest BCUT2D eigenvalue weighted by Crippen LogP contribution is 2.17. The Hall–Kier alpha value is -3.94. The van der Waals surface area contributed by atoms with Crippen molar-refractivity contribution in [3.63, 3.8) is 0 Å². The zero-order chi connectivity index (χ0) is 20.8. The Morgan fingerprint density at radius 1 is 1.07 bits per heavy atom. The molecular formula is C21H20N4O4. The number of carbonyl (C=O) groups is 3. The number of hydrogen-bond acceptors (Lipinski definition) is 5. The third-order valence-electron chi connectivity index (χ3n) is 4.25. The third kappa shape index (κ3) is 4.67. The van der Waals surface area contributed by atoms with Crippen molar-refractivity contribution in [3.05, 3.63) is 77.9 Å². The highest BCUT2D eigenvalue weighted by Gasteiger charge is 2.17. The summed E-state index contributed by atoms with van der Waals surface area (Å²) in [6.07, 6.45) is 3.20. The number of para-hydroxylation sites is 1. The van der Waals surface area contributed by atoms with Crippen LogP contribution < -0.4 is 15.4 Å². The minimum absolute atomic E-state index is 0.147. The molecule has 0 bridgehead atoms. The summed E-state index contributed by atoms with van der Waals surface area (Å²) in [6.45, 7) is 0.147. The fourth-order valence-corrected chi connectivity index (χ4v) is 2.74. The van der Waals surface area contributed by atoms with E-state index in [2.05, 4.69) is 15.6 Å². The van der Waals surface area contributed by atoms with E-state index in [1.54, 1.807) is 48.1 Å². The lowest BCUT2D eigenvalue weighted by Gasteiger charge is -2.10. The van der Waals surface area contributed by atoms with Crippen LogP contribution in [0.1, 0.15) is 21.7 Å². The van der Waals surface area contributed by atoms with Gasteiger partial charge in [0.05, 0.1) is 7.11 Å². The van der Waals surface area contributed by atoms with E-state index in [0.29, 0.717) is 17.0 Å². The maximum atomic E-state index is 12.5. The quantitative estimate of drug-likeness (QED) is 0.493. The highest BCUT2D eigenvalue weighted by atomic mass is 16.5. The molecule has 1 aromatic heterocycles. The number of nitrogens with zero attached hydrogens (tertiary/aromatic N) is 2. The molecule has 148 valence electrons. The predicted molar refractivity (Wildman–Crippen MR) is 107 cm³/mol. The lowest BCUT2D eigenvalue weighted by atomic mass is 10.1. The second-order valence-electron chi connectivity index (χ2n) is 6.22. The highest BCUT2D eigenvalue weighted by molar-refractivity contribution is 6.39. The second-order valence-corrected chi connectivity index (χ2v) is 6.22. The number of rotatable bonds is 6. The van der Waals surface area contributed by atoms with Gasteiger partial charge < -0.3 is 19.9 Å². The van der Waals surface area contributed by atoms with Gasteiger partial charge in [-0.2, -0.15) is 0 Å². The Kier molecular flexibility index (Phi) is 6.03. The molecule has 3 rings (SSSR count). The van der Waals surface area contributed by atoms with E-state index < -0.39 is 11.8 Å². The van der Waals surface area contributed by atoms with Crippen molar-refractivity contribution in [2.24, 2.45) is 7.05 Å². The first-order chi connectivity index (χ1) is 14.0. The van der Waals surface area contributed by atoms with Crippen LogP contribution in [0, 0.1) is 0 Å². The fraction of sp³-hybridized carbons (Fsp3) is 0.143. The number of hydrogen-bond donors (Lipinski definition) is 2. The monoisotopic (exact) mass is 392 g/mol. The van der Waals surface area contributed by atoms with E-state index in [1.165, 1.54) is 19.4 Å². The van der Waals surface area contributed by atoms with Crippen molar-refractivity contribution < 1.29 is 19.1 Å². The standard InChI is InChI=1S/C21H20N4O4/c1-25-11-10-22-19(25)18(26)14-7-5-8-16(12-14)24-21(28)20(27)23-13-15-6-3-4-9-17(15)29-2/h3-12H,13H2,1-2H3,(H,23,27)(H,24,28). The number of amides is 2. The van der Waals surface area contributed by atoms with Gasteiger partial charge in [0, 0.05) is 42.8 Å². The number of benzene rings is 2. The zero-order valence-corrected chi connectivity index (χ0v) is 16.0. The van der Waals surface area contributed by atoms with Gasteiger partial charge in [0.15, 0.2) is 5.82 Å². The van der Waals surface area contributed by atoms with Crippen LogP contribution in [-0.2, 0) is 23.2 Å². The van der Waals surface area contributed by atoms with Crippen molar-refractivity contribution in [2.45, 2.75) is 6.54 Å². The van der Waals surface area contributed by atoms with E-state index in [1.807, 2.05) is 12.1 Å². The van der Waals surface area contributed by atoms with Crippen molar-refractivity contribution in [1.82, 2.24) is 14.9 Å². The third-order valence-corrected chi connectivity index (χ3v) is 4.25. The van der Waals surface area contributed by atoms with E-state index in [0.717, 1.165) is 5.56 Å². The Balaban J connectivity index is 1.64.